The third kappa shape index (κ3) is 4.79. The maximum absolute atomic E-state index is 12.5. The van der Waals surface area contributed by atoms with Crippen LogP contribution in [0.5, 0.6) is 0 Å². The second kappa shape index (κ2) is 9.44. The van der Waals surface area contributed by atoms with Crippen LogP contribution in [-0.4, -0.2) is 22.4 Å². The predicted octanol–water partition coefficient (Wildman–Crippen LogP) is 4.79. The first-order valence-corrected chi connectivity index (χ1v) is 10.6. The summed E-state index contributed by atoms with van der Waals surface area (Å²) in [6.45, 7) is 1.24. The summed E-state index contributed by atoms with van der Waals surface area (Å²) in [5, 5.41) is 3.78. The van der Waals surface area contributed by atoms with E-state index in [1.54, 1.807) is 30.9 Å². The van der Waals surface area contributed by atoms with Gasteiger partial charge in [-0.15, -0.1) is 0 Å². The quantitative estimate of drug-likeness (QED) is 0.350. The summed E-state index contributed by atoms with van der Waals surface area (Å²) in [5.41, 5.74) is 0.792. The van der Waals surface area contributed by atoms with Gasteiger partial charge in [0.2, 0.25) is 5.91 Å². The van der Waals surface area contributed by atoms with Crippen LogP contribution in [0, 0.1) is 0 Å². The Kier molecular flexibility index (Phi) is 5.88. The zero-order chi connectivity index (χ0) is 22.5. The Morgan fingerprint density at radius 3 is 2.36 bits per heavy atom. The van der Waals surface area contributed by atoms with Crippen molar-refractivity contribution in [3.8, 4) is 11.6 Å². The van der Waals surface area contributed by atoms with Crippen LogP contribution in [0.15, 0.2) is 92.7 Å². The second-order valence-electron chi connectivity index (χ2n) is 7.47. The number of nitrogens with one attached hydrogen (secondary N) is 1. The average molecular weight is 442 g/mol. The summed E-state index contributed by atoms with van der Waals surface area (Å²) in [6, 6.07) is 18.8. The van der Waals surface area contributed by atoms with Gasteiger partial charge >= 0.3 is 0 Å². The van der Waals surface area contributed by atoms with Gasteiger partial charge in [-0.1, -0.05) is 12.1 Å². The first-order chi connectivity index (χ1) is 16.3. The topological polar surface area (TPSA) is 97.5 Å². The largest absolute Gasteiger partial charge is 0.467 e. The predicted molar refractivity (Wildman–Crippen MR) is 122 cm³/mol. The fraction of sp³-hybridized carbons (Fsp3) is 0.160. The van der Waals surface area contributed by atoms with Gasteiger partial charge in [0.25, 0.3) is 0 Å². The lowest BCUT2D eigenvalue weighted by Crippen LogP contribution is -2.31. The highest BCUT2D eigenvalue weighted by Gasteiger charge is 2.19. The van der Waals surface area contributed by atoms with Crippen LogP contribution in [0.2, 0.25) is 0 Å². The zero-order valence-corrected chi connectivity index (χ0v) is 17.8. The normalized spacial score (nSPS) is 11.0. The monoisotopic (exact) mass is 442 g/mol. The van der Waals surface area contributed by atoms with Gasteiger partial charge in [-0.3, -0.25) is 4.79 Å². The zero-order valence-electron chi connectivity index (χ0n) is 17.8. The minimum Gasteiger partial charge on any atom is -0.467 e. The number of aromatic nitrogens is 2. The van der Waals surface area contributed by atoms with Crippen molar-refractivity contribution in [3.05, 3.63) is 91.0 Å². The molecule has 0 spiro atoms. The fourth-order valence-electron chi connectivity index (χ4n) is 3.59. The highest BCUT2D eigenvalue weighted by Crippen LogP contribution is 2.29. The van der Waals surface area contributed by atoms with Crippen LogP contribution in [0.3, 0.4) is 0 Å². The van der Waals surface area contributed by atoms with E-state index < -0.39 is 0 Å². The molecule has 166 valence electrons. The van der Waals surface area contributed by atoms with Gasteiger partial charge in [0.1, 0.15) is 17.3 Å². The van der Waals surface area contributed by atoms with Crippen LogP contribution >= 0.6 is 0 Å². The van der Waals surface area contributed by atoms with Gasteiger partial charge < -0.3 is 23.5 Å². The molecule has 0 fully saturated rings. The van der Waals surface area contributed by atoms with Crippen molar-refractivity contribution in [1.82, 2.24) is 15.3 Å². The van der Waals surface area contributed by atoms with Crippen LogP contribution in [0.1, 0.15) is 17.9 Å². The molecule has 0 aliphatic rings. The molecule has 5 rings (SSSR count). The molecular formula is C25H22N4O4. The lowest BCUT2D eigenvalue weighted by molar-refractivity contribution is -0.121. The van der Waals surface area contributed by atoms with Gasteiger partial charge in [0, 0.05) is 18.4 Å². The molecule has 0 aliphatic carbocycles. The van der Waals surface area contributed by atoms with E-state index in [9.17, 15) is 4.79 Å². The standard InChI is InChI=1S/C25H22N4O4/c30-23(26-16-18-6-3-13-31-18)11-12-29(17-19-7-4-14-32-19)25-20-8-1-2-9-21(20)27-24(28-25)22-10-5-15-33-22/h1-10,13-15H,11-12,16-17H2,(H,26,30). The molecule has 8 heteroatoms. The summed E-state index contributed by atoms with van der Waals surface area (Å²) < 4.78 is 16.4. The molecule has 4 aromatic heterocycles. The van der Waals surface area contributed by atoms with Crippen molar-refractivity contribution < 1.29 is 18.0 Å². The molecule has 0 radical (unpaired) electrons. The van der Waals surface area contributed by atoms with Crippen LogP contribution in [-0.2, 0) is 17.9 Å². The molecule has 33 heavy (non-hydrogen) atoms. The number of nitrogens with zero attached hydrogens (tertiary/aromatic N) is 3. The molecule has 1 aromatic carbocycles. The highest BCUT2D eigenvalue weighted by atomic mass is 16.3. The Morgan fingerprint density at radius 2 is 1.61 bits per heavy atom. The smallest absolute Gasteiger partial charge is 0.222 e. The van der Waals surface area contributed by atoms with Crippen LogP contribution in [0.4, 0.5) is 5.82 Å². The third-order valence-electron chi connectivity index (χ3n) is 5.20. The van der Waals surface area contributed by atoms with E-state index in [1.165, 1.54) is 0 Å². The fourth-order valence-corrected chi connectivity index (χ4v) is 3.59. The third-order valence-corrected chi connectivity index (χ3v) is 5.20. The van der Waals surface area contributed by atoms with E-state index in [4.69, 9.17) is 18.2 Å². The summed E-state index contributed by atoms with van der Waals surface area (Å²) in [5.74, 6) is 3.17. The van der Waals surface area contributed by atoms with E-state index in [0.717, 1.165) is 16.7 Å². The molecule has 4 heterocycles. The van der Waals surface area contributed by atoms with E-state index in [2.05, 4.69) is 10.3 Å². The number of carbonyl (C=O) groups is 1. The number of fused-ring (bicyclic) bond motifs is 1. The number of benzene rings is 1. The van der Waals surface area contributed by atoms with Crippen molar-refractivity contribution in [2.24, 2.45) is 0 Å². The molecule has 0 aliphatic heterocycles. The number of anilines is 1. The van der Waals surface area contributed by atoms with Crippen molar-refractivity contribution in [3.63, 3.8) is 0 Å². The van der Waals surface area contributed by atoms with Gasteiger partial charge in [-0.05, 0) is 48.5 Å². The van der Waals surface area contributed by atoms with Crippen LogP contribution < -0.4 is 10.2 Å². The highest BCUT2D eigenvalue weighted by molar-refractivity contribution is 5.91. The van der Waals surface area contributed by atoms with Crippen molar-refractivity contribution in [1.29, 1.82) is 0 Å². The molecule has 1 amide bonds. The number of rotatable bonds is 9. The molecular weight excluding hydrogens is 420 g/mol. The van der Waals surface area contributed by atoms with Crippen molar-refractivity contribution in [2.75, 3.05) is 11.4 Å². The lowest BCUT2D eigenvalue weighted by Gasteiger charge is -2.24. The Labute approximate surface area is 189 Å². The van der Waals surface area contributed by atoms with Crippen molar-refractivity contribution >= 4 is 22.6 Å². The van der Waals surface area contributed by atoms with Crippen LogP contribution in [0.25, 0.3) is 22.5 Å². The van der Waals surface area contributed by atoms with E-state index in [1.807, 2.05) is 53.4 Å². The Balaban J connectivity index is 1.44. The van der Waals surface area contributed by atoms with E-state index in [0.29, 0.717) is 42.8 Å². The Bertz CT molecular complexity index is 1310. The molecule has 0 unspecified atom stereocenters. The number of carbonyl (C=O) groups excluding carboxylic acids is 1. The molecule has 5 aromatic rings. The Morgan fingerprint density at radius 1 is 0.848 bits per heavy atom. The molecule has 0 saturated carbocycles. The number of hydrogen-bond donors (Lipinski definition) is 1. The second-order valence-corrected chi connectivity index (χ2v) is 7.47. The molecule has 0 saturated heterocycles. The molecule has 1 N–H and O–H groups in total. The Hall–Kier alpha value is -4.33. The molecule has 8 nitrogen and oxygen atoms in total. The van der Waals surface area contributed by atoms with Crippen molar-refractivity contribution in [2.45, 2.75) is 19.5 Å². The van der Waals surface area contributed by atoms with E-state index in [-0.39, 0.29) is 12.3 Å². The van der Waals surface area contributed by atoms with Gasteiger partial charge in [-0.25, -0.2) is 9.97 Å². The van der Waals surface area contributed by atoms with Gasteiger partial charge in [-0.2, -0.15) is 0 Å². The maximum Gasteiger partial charge on any atom is 0.222 e. The number of amides is 1. The molecule has 0 bridgehead atoms. The van der Waals surface area contributed by atoms with Gasteiger partial charge in [0.15, 0.2) is 11.6 Å². The lowest BCUT2D eigenvalue weighted by atomic mass is 10.2. The molecule has 0 atom stereocenters. The average Bonchev–Trinajstić information content (AvgIpc) is 3.63. The number of furan rings is 3. The number of para-hydroxylation sites is 1. The first-order valence-electron chi connectivity index (χ1n) is 10.6. The minimum absolute atomic E-state index is 0.0829. The summed E-state index contributed by atoms with van der Waals surface area (Å²) in [4.78, 5) is 24.1. The first kappa shape index (κ1) is 20.6. The maximum atomic E-state index is 12.5. The SMILES string of the molecule is O=C(CCN(Cc1ccco1)c1nc(-c2ccco2)nc2ccccc12)NCc1ccco1. The number of hydrogen-bond acceptors (Lipinski definition) is 7. The minimum atomic E-state index is -0.0829. The summed E-state index contributed by atoms with van der Waals surface area (Å²) in [6.07, 6.45) is 5.09. The van der Waals surface area contributed by atoms with Gasteiger partial charge in [0.05, 0.1) is 37.4 Å². The summed E-state index contributed by atoms with van der Waals surface area (Å²) in [7, 11) is 0. The van der Waals surface area contributed by atoms with E-state index >= 15 is 0 Å². The summed E-state index contributed by atoms with van der Waals surface area (Å²) >= 11 is 0.